The lowest BCUT2D eigenvalue weighted by Crippen LogP contribution is -2.34. The van der Waals surface area contributed by atoms with Crippen LogP contribution in [0.15, 0.2) is 60.1 Å². The van der Waals surface area contributed by atoms with Gasteiger partial charge in [-0.05, 0) is 65.4 Å². The van der Waals surface area contributed by atoms with Gasteiger partial charge in [0.15, 0.2) is 0 Å². The highest BCUT2D eigenvalue weighted by Gasteiger charge is 2.24. The molecule has 2 aliphatic rings. The number of aliphatic hydroxyl groups is 1. The van der Waals surface area contributed by atoms with Crippen LogP contribution in [0, 0.1) is 0 Å². The molecule has 1 unspecified atom stereocenters. The average molecular weight is 444 g/mol. The van der Waals surface area contributed by atoms with E-state index in [9.17, 15) is 5.11 Å². The molecule has 0 spiro atoms. The highest BCUT2D eigenvalue weighted by molar-refractivity contribution is 7.17. The standard InChI is InChI=1S/C26H25N3O2S/c30-23-8-6-20-21(9-11-27-26(20)23)28-18-5-7-22-24(15-18)31-14-13-29(22)12-10-17-16-32-25-4-2-1-3-19(17)25/h1-5,7,9,11,15-16,23,30H,6,8,10,12-14H2,(H,27,28). The number of fused-ring (bicyclic) bond motifs is 3. The third-order valence-corrected chi connectivity index (χ3v) is 7.50. The Morgan fingerprint density at radius 3 is 3.09 bits per heavy atom. The van der Waals surface area contributed by atoms with E-state index >= 15 is 0 Å². The maximum Gasteiger partial charge on any atom is 0.144 e. The number of anilines is 3. The molecule has 0 saturated heterocycles. The Morgan fingerprint density at radius 2 is 2.12 bits per heavy atom. The van der Waals surface area contributed by atoms with Crippen LogP contribution in [0.1, 0.15) is 29.3 Å². The van der Waals surface area contributed by atoms with Crippen LogP contribution in [0.4, 0.5) is 17.1 Å². The number of benzene rings is 2. The van der Waals surface area contributed by atoms with Crippen molar-refractivity contribution in [2.75, 3.05) is 29.9 Å². The summed E-state index contributed by atoms with van der Waals surface area (Å²) in [7, 11) is 0. The molecule has 4 aromatic rings. The molecule has 0 radical (unpaired) electrons. The average Bonchev–Trinajstić information content (AvgIpc) is 3.42. The quantitative estimate of drug-likeness (QED) is 0.429. The van der Waals surface area contributed by atoms with Crippen LogP contribution in [-0.4, -0.2) is 29.8 Å². The van der Waals surface area contributed by atoms with Gasteiger partial charge in [-0.2, -0.15) is 0 Å². The van der Waals surface area contributed by atoms with Gasteiger partial charge in [-0.25, -0.2) is 0 Å². The summed E-state index contributed by atoms with van der Waals surface area (Å²) in [4.78, 5) is 6.79. The molecule has 3 heterocycles. The van der Waals surface area contributed by atoms with E-state index in [1.807, 2.05) is 17.4 Å². The van der Waals surface area contributed by atoms with E-state index in [-0.39, 0.29) is 0 Å². The Hall–Kier alpha value is -3.09. The summed E-state index contributed by atoms with van der Waals surface area (Å²) < 4.78 is 7.37. The Morgan fingerprint density at radius 1 is 1.19 bits per heavy atom. The van der Waals surface area contributed by atoms with Crippen molar-refractivity contribution in [2.24, 2.45) is 0 Å². The Kier molecular flexibility index (Phi) is 4.97. The molecule has 0 amide bonds. The van der Waals surface area contributed by atoms with Crippen molar-refractivity contribution in [3.8, 4) is 5.75 Å². The number of hydrogen-bond donors (Lipinski definition) is 2. The third-order valence-electron chi connectivity index (χ3n) is 6.48. The van der Waals surface area contributed by atoms with Gasteiger partial charge in [0.1, 0.15) is 12.4 Å². The molecular weight excluding hydrogens is 418 g/mol. The number of ether oxygens (including phenoxy) is 1. The van der Waals surface area contributed by atoms with Crippen LogP contribution in [0.2, 0.25) is 0 Å². The van der Waals surface area contributed by atoms with Gasteiger partial charge in [0, 0.05) is 34.9 Å². The van der Waals surface area contributed by atoms with Crippen molar-refractivity contribution >= 4 is 38.5 Å². The first-order chi connectivity index (χ1) is 15.8. The van der Waals surface area contributed by atoms with Gasteiger partial charge in [-0.15, -0.1) is 11.3 Å². The molecule has 5 nitrogen and oxygen atoms in total. The van der Waals surface area contributed by atoms with Crippen molar-refractivity contribution in [1.29, 1.82) is 0 Å². The summed E-state index contributed by atoms with van der Waals surface area (Å²) in [6.45, 7) is 2.56. The van der Waals surface area contributed by atoms with Crippen molar-refractivity contribution in [1.82, 2.24) is 4.98 Å². The number of rotatable bonds is 5. The van der Waals surface area contributed by atoms with E-state index in [1.54, 1.807) is 6.20 Å². The van der Waals surface area contributed by atoms with Crippen molar-refractivity contribution in [3.05, 3.63) is 76.9 Å². The summed E-state index contributed by atoms with van der Waals surface area (Å²) >= 11 is 1.83. The molecule has 2 aromatic heterocycles. The van der Waals surface area contributed by atoms with Crippen LogP contribution in [0.5, 0.6) is 5.75 Å². The maximum atomic E-state index is 10.1. The maximum absolute atomic E-state index is 10.1. The van der Waals surface area contributed by atoms with Gasteiger partial charge in [-0.1, -0.05) is 18.2 Å². The molecule has 2 aromatic carbocycles. The van der Waals surface area contributed by atoms with E-state index in [0.29, 0.717) is 6.61 Å². The normalized spacial score (nSPS) is 17.2. The van der Waals surface area contributed by atoms with Gasteiger partial charge >= 0.3 is 0 Å². The van der Waals surface area contributed by atoms with Crippen LogP contribution >= 0.6 is 11.3 Å². The summed E-state index contributed by atoms with van der Waals surface area (Å²) in [6.07, 6.45) is 3.92. The van der Waals surface area contributed by atoms with Gasteiger partial charge in [0.2, 0.25) is 0 Å². The van der Waals surface area contributed by atoms with Crippen LogP contribution in [0.3, 0.4) is 0 Å². The first-order valence-corrected chi connectivity index (χ1v) is 12.0. The minimum atomic E-state index is -0.451. The van der Waals surface area contributed by atoms with Crippen LogP contribution in [-0.2, 0) is 12.8 Å². The number of nitrogens with one attached hydrogen (secondary N) is 1. The number of aliphatic hydroxyl groups excluding tert-OH is 1. The molecule has 0 saturated carbocycles. The summed E-state index contributed by atoms with van der Waals surface area (Å²) in [6, 6.07) is 17.0. The molecule has 1 aliphatic carbocycles. The molecule has 2 N–H and O–H groups in total. The number of nitrogens with zero attached hydrogens (tertiary/aromatic N) is 2. The lowest BCUT2D eigenvalue weighted by Gasteiger charge is -2.31. The van der Waals surface area contributed by atoms with E-state index < -0.39 is 6.10 Å². The van der Waals surface area contributed by atoms with Crippen LogP contribution in [0.25, 0.3) is 10.1 Å². The molecule has 6 rings (SSSR count). The lowest BCUT2D eigenvalue weighted by atomic mass is 10.1. The third kappa shape index (κ3) is 3.49. The van der Waals surface area contributed by atoms with E-state index in [2.05, 4.69) is 63.0 Å². The minimum absolute atomic E-state index is 0.451. The number of aromatic nitrogens is 1. The van der Waals surface area contributed by atoms with Gasteiger partial charge in [-0.3, -0.25) is 4.98 Å². The second-order valence-electron chi connectivity index (χ2n) is 8.43. The van der Waals surface area contributed by atoms with Gasteiger partial charge < -0.3 is 20.1 Å². The molecule has 32 heavy (non-hydrogen) atoms. The first-order valence-electron chi connectivity index (χ1n) is 11.2. The van der Waals surface area contributed by atoms with Crippen molar-refractivity contribution < 1.29 is 9.84 Å². The Bertz CT molecular complexity index is 1290. The number of pyridine rings is 1. The van der Waals surface area contributed by atoms with Crippen molar-refractivity contribution in [3.63, 3.8) is 0 Å². The van der Waals surface area contributed by atoms with E-state index in [1.165, 1.54) is 15.6 Å². The molecular formula is C26H25N3O2S. The Balaban J connectivity index is 1.21. The molecule has 6 heteroatoms. The zero-order chi connectivity index (χ0) is 21.5. The Labute approximate surface area is 191 Å². The predicted molar refractivity (Wildman–Crippen MR) is 130 cm³/mol. The predicted octanol–water partition coefficient (Wildman–Crippen LogP) is 5.46. The fraction of sp³-hybridized carbons (Fsp3) is 0.269. The zero-order valence-corrected chi connectivity index (χ0v) is 18.6. The second kappa shape index (κ2) is 8.11. The molecule has 162 valence electrons. The SMILES string of the molecule is OC1CCc2c(Nc3ccc4c(c3)OCCN4CCc3csc4ccccc34)ccnc21. The smallest absolute Gasteiger partial charge is 0.144 e. The molecule has 0 fully saturated rings. The molecule has 1 aliphatic heterocycles. The van der Waals surface area contributed by atoms with E-state index in [0.717, 1.165) is 66.4 Å². The molecule has 1 atom stereocenters. The largest absolute Gasteiger partial charge is 0.489 e. The van der Waals surface area contributed by atoms with Gasteiger partial charge in [0.25, 0.3) is 0 Å². The fourth-order valence-corrected chi connectivity index (χ4v) is 5.82. The summed E-state index contributed by atoms with van der Waals surface area (Å²) in [5, 5.41) is 17.3. The summed E-state index contributed by atoms with van der Waals surface area (Å²) in [5.74, 6) is 0.919. The topological polar surface area (TPSA) is 57.6 Å². The number of thiophene rings is 1. The monoisotopic (exact) mass is 443 g/mol. The minimum Gasteiger partial charge on any atom is -0.489 e. The fourth-order valence-electron chi connectivity index (χ4n) is 4.82. The van der Waals surface area contributed by atoms with Gasteiger partial charge in [0.05, 0.1) is 24.0 Å². The second-order valence-corrected chi connectivity index (χ2v) is 9.34. The lowest BCUT2D eigenvalue weighted by molar-refractivity contribution is 0.176. The highest BCUT2D eigenvalue weighted by Crippen LogP contribution is 2.38. The van der Waals surface area contributed by atoms with Crippen LogP contribution < -0.4 is 15.0 Å². The molecule has 0 bridgehead atoms. The zero-order valence-electron chi connectivity index (χ0n) is 17.8. The number of hydrogen-bond acceptors (Lipinski definition) is 6. The first kappa shape index (κ1) is 19.6. The summed E-state index contributed by atoms with van der Waals surface area (Å²) in [5.41, 5.74) is 6.50. The van der Waals surface area contributed by atoms with Crippen molar-refractivity contribution in [2.45, 2.75) is 25.4 Å². The highest BCUT2D eigenvalue weighted by atomic mass is 32.1. The van der Waals surface area contributed by atoms with E-state index in [4.69, 9.17) is 4.74 Å².